The summed E-state index contributed by atoms with van der Waals surface area (Å²) >= 11 is 5.90. The zero-order chi connectivity index (χ0) is 11.0. The Morgan fingerprint density at radius 1 is 1.27 bits per heavy atom. The molecule has 1 atom stereocenters. The Morgan fingerprint density at radius 3 is 2.33 bits per heavy atom. The molecule has 0 N–H and O–H groups in total. The van der Waals surface area contributed by atoms with Crippen LogP contribution >= 0.6 is 11.6 Å². The lowest BCUT2D eigenvalue weighted by Crippen LogP contribution is -2.27. The summed E-state index contributed by atoms with van der Waals surface area (Å²) in [5.74, 6) is 1.61. The number of amides is 1. The maximum absolute atomic E-state index is 11.5. The van der Waals surface area contributed by atoms with E-state index < -0.39 is 0 Å². The zero-order valence-electron chi connectivity index (χ0n) is 8.57. The summed E-state index contributed by atoms with van der Waals surface area (Å²) in [4.78, 5) is 25.4. The second-order valence-electron chi connectivity index (χ2n) is 3.54. The number of hydrogen-bond donors (Lipinski definition) is 0. The molecule has 0 aliphatic carbocycles. The minimum Gasteiger partial charge on any atom is -0.279 e. The third-order valence-corrected chi connectivity index (χ3v) is 2.46. The quantitative estimate of drug-likeness (QED) is 0.666. The summed E-state index contributed by atoms with van der Waals surface area (Å²) < 4.78 is 0. The van der Waals surface area contributed by atoms with Crippen LogP contribution in [0.5, 0.6) is 0 Å². The molecule has 15 heavy (non-hydrogen) atoms. The van der Waals surface area contributed by atoms with Gasteiger partial charge in [0.15, 0.2) is 0 Å². The first-order valence-corrected chi connectivity index (χ1v) is 5.13. The molecule has 1 saturated heterocycles. The molecule has 6 heteroatoms. The highest BCUT2D eigenvalue weighted by molar-refractivity contribution is 6.24. The Labute approximate surface area is 92.5 Å². The van der Waals surface area contributed by atoms with Crippen molar-refractivity contribution in [3.8, 4) is 0 Å². The van der Waals surface area contributed by atoms with Crippen LogP contribution in [0.3, 0.4) is 0 Å². The summed E-state index contributed by atoms with van der Waals surface area (Å²) in [7, 11) is 0. The highest BCUT2D eigenvalue weighted by Gasteiger charge is 2.31. The molecule has 0 radical (unpaired) electrons. The van der Waals surface area contributed by atoms with Gasteiger partial charge in [0.05, 0.1) is 5.38 Å². The number of rotatable bonds is 1. The number of carbonyl (C=O) groups is 1. The predicted molar refractivity (Wildman–Crippen MR) is 55.9 cm³/mol. The van der Waals surface area contributed by atoms with E-state index in [-0.39, 0.29) is 11.3 Å². The van der Waals surface area contributed by atoms with Gasteiger partial charge in [-0.3, -0.25) is 9.69 Å². The number of aryl methyl sites for hydroxylation is 2. The molecular formula is C9H11ClN4O. The van der Waals surface area contributed by atoms with E-state index in [9.17, 15) is 4.79 Å². The van der Waals surface area contributed by atoms with Crippen molar-refractivity contribution in [2.24, 2.45) is 0 Å². The highest BCUT2D eigenvalue weighted by Crippen LogP contribution is 2.20. The molecule has 1 aliphatic heterocycles. The average molecular weight is 227 g/mol. The van der Waals surface area contributed by atoms with Crippen molar-refractivity contribution >= 4 is 23.5 Å². The lowest BCUT2D eigenvalue weighted by Gasteiger charge is -2.13. The number of halogens is 1. The number of nitrogens with zero attached hydrogens (tertiary/aromatic N) is 4. The molecule has 0 bridgehead atoms. The van der Waals surface area contributed by atoms with E-state index >= 15 is 0 Å². The maximum Gasteiger partial charge on any atom is 0.235 e. The van der Waals surface area contributed by atoms with Crippen LogP contribution in [0, 0.1) is 13.8 Å². The number of hydrogen-bond acceptors (Lipinski definition) is 4. The van der Waals surface area contributed by atoms with E-state index in [0.29, 0.717) is 30.6 Å². The lowest BCUT2D eigenvalue weighted by atomic mass is 10.4. The van der Waals surface area contributed by atoms with E-state index in [0.717, 1.165) is 0 Å². The van der Waals surface area contributed by atoms with Gasteiger partial charge in [-0.25, -0.2) is 4.98 Å². The SMILES string of the molecule is Cc1nc(C)nc(N2CC(Cl)CC2=O)n1. The van der Waals surface area contributed by atoms with Gasteiger partial charge < -0.3 is 0 Å². The van der Waals surface area contributed by atoms with Crippen LogP contribution in [0.2, 0.25) is 0 Å². The molecule has 80 valence electrons. The predicted octanol–water partition coefficient (Wildman–Crippen LogP) is 0.833. The van der Waals surface area contributed by atoms with Crippen molar-refractivity contribution in [1.29, 1.82) is 0 Å². The normalized spacial score (nSPS) is 21.1. The third-order valence-electron chi connectivity index (χ3n) is 2.17. The largest absolute Gasteiger partial charge is 0.279 e. The van der Waals surface area contributed by atoms with Crippen molar-refractivity contribution in [3.05, 3.63) is 11.6 Å². The Kier molecular flexibility index (Phi) is 2.56. The van der Waals surface area contributed by atoms with Crippen LogP contribution in [-0.2, 0) is 4.79 Å². The van der Waals surface area contributed by atoms with Crippen molar-refractivity contribution in [2.45, 2.75) is 25.6 Å². The zero-order valence-corrected chi connectivity index (χ0v) is 9.32. The molecule has 1 fully saturated rings. The monoisotopic (exact) mass is 226 g/mol. The van der Waals surface area contributed by atoms with Crippen LogP contribution in [0.1, 0.15) is 18.1 Å². The third kappa shape index (κ3) is 2.07. The fourth-order valence-electron chi connectivity index (χ4n) is 1.58. The van der Waals surface area contributed by atoms with E-state index in [1.807, 2.05) is 0 Å². The first-order chi connectivity index (χ1) is 7.06. The Morgan fingerprint density at radius 2 is 1.87 bits per heavy atom. The van der Waals surface area contributed by atoms with Gasteiger partial charge in [-0.15, -0.1) is 11.6 Å². The summed E-state index contributed by atoms with van der Waals surface area (Å²) in [6.45, 7) is 4.02. The molecule has 0 aromatic carbocycles. The summed E-state index contributed by atoms with van der Waals surface area (Å²) in [6, 6.07) is 0. The molecule has 5 nitrogen and oxygen atoms in total. The van der Waals surface area contributed by atoms with Gasteiger partial charge in [0.1, 0.15) is 11.6 Å². The van der Waals surface area contributed by atoms with Gasteiger partial charge in [-0.2, -0.15) is 9.97 Å². The van der Waals surface area contributed by atoms with Crippen molar-refractivity contribution in [3.63, 3.8) is 0 Å². The van der Waals surface area contributed by atoms with Crippen molar-refractivity contribution < 1.29 is 4.79 Å². The molecule has 1 aromatic heterocycles. The van der Waals surface area contributed by atoms with Crippen molar-refractivity contribution in [1.82, 2.24) is 15.0 Å². The summed E-state index contributed by atoms with van der Waals surface area (Å²) in [5, 5.41) is -0.144. The number of carbonyl (C=O) groups excluding carboxylic acids is 1. The van der Waals surface area contributed by atoms with E-state index in [4.69, 9.17) is 11.6 Å². The minimum absolute atomic E-state index is 0.0278. The van der Waals surface area contributed by atoms with Crippen LogP contribution in [0.4, 0.5) is 5.95 Å². The number of alkyl halides is 1. The average Bonchev–Trinajstić information content (AvgIpc) is 2.43. The van der Waals surface area contributed by atoms with Gasteiger partial charge in [0.2, 0.25) is 11.9 Å². The van der Waals surface area contributed by atoms with Gasteiger partial charge in [0, 0.05) is 13.0 Å². The van der Waals surface area contributed by atoms with Crippen LogP contribution in [0.25, 0.3) is 0 Å². The second-order valence-corrected chi connectivity index (χ2v) is 4.15. The highest BCUT2D eigenvalue weighted by atomic mass is 35.5. The van der Waals surface area contributed by atoms with E-state index in [2.05, 4.69) is 15.0 Å². The van der Waals surface area contributed by atoms with E-state index in [1.54, 1.807) is 13.8 Å². The molecule has 1 aliphatic rings. The number of anilines is 1. The fourth-order valence-corrected chi connectivity index (χ4v) is 1.85. The lowest BCUT2D eigenvalue weighted by molar-refractivity contribution is -0.117. The molecule has 2 heterocycles. The Bertz CT molecular complexity index is 389. The molecule has 0 saturated carbocycles. The number of aromatic nitrogens is 3. The molecule has 2 rings (SSSR count). The second kappa shape index (κ2) is 3.73. The van der Waals surface area contributed by atoms with Crippen LogP contribution < -0.4 is 4.90 Å². The van der Waals surface area contributed by atoms with Crippen LogP contribution in [-0.4, -0.2) is 32.8 Å². The Hall–Kier alpha value is -1.23. The van der Waals surface area contributed by atoms with Crippen LogP contribution in [0.15, 0.2) is 0 Å². The minimum atomic E-state index is -0.144. The topological polar surface area (TPSA) is 59.0 Å². The smallest absolute Gasteiger partial charge is 0.235 e. The first-order valence-electron chi connectivity index (χ1n) is 4.70. The van der Waals surface area contributed by atoms with E-state index in [1.165, 1.54) is 4.90 Å². The molecule has 1 aromatic rings. The summed E-state index contributed by atoms with van der Waals surface area (Å²) in [5.41, 5.74) is 0. The molecule has 0 spiro atoms. The first kappa shape index (κ1) is 10.3. The Balaban J connectivity index is 2.33. The van der Waals surface area contributed by atoms with Gasteiger partial charge in [-0.05, 0) is 13.8 Å². The summed E-state index contributed by atoms with van der Waals surface area (Å²) in [6.07, 6.45) is 0.353. The fraction of sp³-hybridized carbons (Fsp3) is 0.556. The maximum atomic E-state index is 11.5. The molecular weight excluding hydrogens is 216 g/mol. The van der Waals surface area contributed by atoms with Gasteiger partial charge >= 0.3 is 0 Å². The molecule has 1 amide bonds. The van der Waals surface area contributed by atoms with Gasteiger partial charge in [-0.1, -0.05) is 0 Å². The standard InChI is InChI=1S/C9H11ClN4O/c1-5-11-6(2)13-9(12-5)14-4-7(10)3-8(14)15/h7H,3-4H2,1-2H3. The molecule has 1 unspecified atom stereocenters. The van der Waals surface area contributed by atoms with Crippen molar-refractivity contribution in [2.75, 3.05) is 11.4 Å². The van der Waals surface area contributed by atoms with Gasteiger partial charge in [0.25, 0.3) is 0 Å².